The van der Waals surface area contributed by atoms with Gasteiger partial charge in [0.15, 0.2) is 11.5 Å². The van der Waals surface area contributed by atoms with E-state index in [4.69, 9.17) is 14.2 Å². The van der Waals surface area contributed by atoms with E-state index in [1.54, 1.807) is 25.0 Å². The lowest BCUT2D eigenvalue weighted by Crippen LogP contribution is -2.32. The van der Waals surface area contributed by atoms with Gasteiger partial charge in [-0.15, -0.1) is 0 Å². The van der Waals surface area contributed by atoms with E-state index in [0.29, 0.717) is 28.7 Å². The highest BCUT2D eigenvalue weighted by molar-refractivity contribution is 5.92. The van der Waals surface area contributed by atoms with Crippen molar-refractivity contribution in [3.63, 3.8) is 0 Å². The number of allylic oxidation sites excluding steroid dienone is 1. The smallest absolute Gasteiger partial charge is 0.338 e. The summed E-state index contributed by atoms with van der Waals surface area (Å²) in [6, 6.07) is 4.94. The minimum atomic E-state index is -0.595. The van der Waals surface area contributed by atoms with Gasteiger partial charge in [0.25, 0.3) is 0 Å². The SMILES string of the molecule is COc1cccc([C@@H]2C(C(=O)OC3CCCCC3)=C(C)Nc3nnnn32)c1OC. The average Bonchev–Trinajstić information content (AvgIpc) is 3.20. The minimum Gasteiger partial charge on any atom is -0.493 e. The van der Waals surface area contributed by atoms with Crippen LogP contribution in [0.5, 0.6) is 11.5 Å². The number of carbonyl (C=O) groups is 1. The first-order chi connectivity index (χ1) is 14.1. The maximum Gasteiger partial charge on any atom is 0.338 e. The van der Waals surface area contributed by atoms with Crippen LogP contribution in [-0.2, 0) is 9.53 Å². The van der Waals surface area contributed by atoms with E-state index in [2.05, 4.69) is 20.8 Å². The molecule has 9 heteroatoms. The van der Waals surface area contributed by atoms with E-state index in [0.717, 1.165) is 31.2 Å². The fraction of sp³-hybridized carbons (Fsp3) is 0.500. The summed E-state index contributed by atoms with van der Waals surface area (Å²) < 4.78 is 18.5. The Morgan fingerprint density at radius 2 is 1.97 bits per heavy atom. The number of carbonyl (C=O) groups excluding carboxylic acids is 1. The van der Waals surface area contributed by atoms with E-state index in [9.17, 15) is 4.79 Å². The second-order valence-electron chi connectivity index (χ2n) is 7.26. The van der Waals surface area contributed by atoms with E-state index in [1.165, 1.54) is 6.42 Å². The molecule has 0 unspecified atom stereocenters. The summed E-state index contributed by atoms with van der Waals surface area (Å²) in [5.74, 6) is 1.18. The van der Waals surface area contributed by atoms with Gasteiger partial charge in [0, 0.05) is 11.3 Å². The summed E-state index contributed by atoms with van der Waals surface area (Å²) in [6.45, 7) is 1.83. The van der Waals surface area contributed by atoms with Crippen LogP contribution in [0.2, 0.25) is 0 Å². The highest BCUT2D eigenvalue weighted by Gasteiger charge is 2.38. The largest absolute Gasteiger partial charge is 0.493 e. The van der Waals surface area contributed by atoms with Gasteiger partial charge in [-0.1, -0.05) is 23.7 Å². The van der Waals surface area contributed by atoms with Crippen molar-refractivity contribution in [3.8, 4) is 11.5 Å². The van der Waals surface area contributed by atoms with E-state index in [1.807, 2.05) is 19.1 Å². The number of ether oxygens (including phenoxy) is 3. The molecule has 1 aliphatic carbocycles. The molecule has 2 aromatic rings. The number of para-hydroxylation sites is 1. The number of anilines is 1. The predicted molar refractivity (Wildman–Crippen MR) is 105 cm³/mol. The molecule has 1 N–H and O–H groups in total. The Kier molecular flexibility index (Phi) is 5.37. The molecule has 0 bridgehead atoms. The van der Waals surface area contributed by atoms with Crippen LogP contribution in [0.15, 0.2) is 29.5 Å². The Morgan fingerprint density at radius 1 is 1.17 bits per heavy atom. The summed E-state index contributed by atoms with van der Waals surface area (Å²) in [5, 5.41) is 15.0. The number of hydrogen-bond donors (Lipinski definition) is 1. The Labute approximate surface area is 169 Å². The molecule has 0 spiro atoms. The topological polar surface area (TPSA) is 100 Å². The Bertz CT molecular complexity index is 933. The molecule has 1 atom stereocenters. The van der Waals surface area contributed by atoms with Crippen LogP contribution in [0.1, 0.15) is 50.6 Å². The van der Waals surface area contributed by atoms with Crippen LogP contribution in [0, 0.1) is 0 Å². The zero-order valence-electron chi connectivity index (χ0n) is 16.8. The number of rotatable bonds is 5. The van der Waals surface area contributed by atoms with Crippen molar-refractivity contribution in [1.29, 1.82) is 0 Å². The van der Waals surface area contributed by atoms with Gasteiger partial charge in [-0.2, -0.15) is 4.68 Å². The molecule has 2 aliphatic rings. The van der Waals surface area contributed by atoms with Crippen molar-refractivity contribution in [2.24, 2.45) is 0 Å². The summed E-state index contributed by atoms with van der Waals surface area (Å²) in [5.41, 5.74) is 1.83. The first-order valence-corrected chi connectivity index (χ1v) is 9.81. The number of fused-ring (bicyclic) bond motifs is 1. The molecule has 29 heavy (non-hydrogen) atoms. The van der Waals surface area contributed by atoms with Crippen LogP contribution in [0.25, 0.3) is 0 Å². The minimum absolute atomic E-state index is 0.0559. The lowest BCUT2D eigenvalue weighted by molar-refractivity contribution is -0.146. The first-order valence-electron chi connectivity index (χ1n) is 9.81. The van der Waals surface area contributed by atoms with Gasteiger partial charge < -0.3 is 19.5 Å². The molecular formula is C20H25N5O4. The van der Waals surface area contributed by atoms with Crippen molar-refractivity contribution < 1.29 is 19.0 Å². The number of tetrazole rings is 1. The average molecular weight is 399 g/mol. The zero-order valence-corrected chi connectivity index (χ0v) is 16.8. The second kappa shape index (κ2) is 8.10. The number of hydrogen-bond acceptors (Lipinski definition) is 8. The Balaban J connectivity index is 1.78. The fourth-order valence-corrected chi connectivity index (χ4v) is 4.09. The van der Waals surface area contributed by atoms with Gasteiger partial charge >= 0.3 is 5.97 Å². The van der Waals surface area contributed by atoms with Crippen LogP contribution in [-0.4, -0.2) is 46.5 Å². The van der Waals surface area contributed by atoms with E-state index in [-0.39, 0.29) is 12.1 Å². The molecule has 1 aromatic carbocycles. The molecule has 0 amide bonds. The van der Waals surface area contributed by atoms with Gasteiger partial charge in [-0.25, -0.2) is 4.79 Å². The number of nitrogens with one attached hydrogen (secondary N) is 1. The number of benzene rings is 1. The molecule has 1 fully saturated rings. The Hall–Kier alpha value is -3.10. The van der Waals surface area contributed by atoms with Gasteiger partial charge in [-0.3, -0.25) is 0 Å². The van der Waals surface area contributed by atoms with E-state index < -0.39 is 6.04 Å². The number of aromatic nitrogens is 4. The van der Waals surface area contributed by atoms with Crippen molar-refractivity contribution in [3.05, 3.63) is 35.0 Å². The summed E-state index contributed by atoms with van der Waals surface area (Å²) >= 11 is 0. The molecule has 9 nitrogen and oxygen atoms in total. The van der Waals surface area contributed by atoms with Gasteiger partial charge in [0.2, 0.25) is 5.95 Å². The number of nitrogens with zero attached hydrogens (tertiary/aromatic N) is 4. The lowest BCUT2D eigenvalue weighted by Gasteiger charge is -2.30. The molecule has 1 aliphatic heterocycles. The molecule has 154 valence electrons. The molecule has 1 saturated carbocycles. The molecule has 4 rings (SSSR count). The quantitative estimate of drug-likeness (QED) is 0.766. The normalized spacial score (nSPS) is 19.3. The van der Waals surface area contributed by atoms with Crippen LogP contribution >= 0.6 is 0 Å². The standard InChI is InChI=1S/C20H25N5O4/c1-12-16(19(26)29-13-8-5-4-6-9-13)17(25-20(21-12)22-23-24-25)14-10-7-11-15(27-2)18(14)28-3/h7,10-11,13,17H,4-6,8-9H2,1-3H3,(H,21,22,24)/t17-/m1/s1. The van der Waals surface area contributed by atoms with Crippen molar-refractivity contribution >= 4 is 11.9 Å². The van der Waals surface area contributed by atoms with Gasteiger partial charge in [0.05, 0.1) is 19.8 Å². The third-order valence-corrected chi connectivity index (χ3v) is 5.49. The van der Waals surface area contributed by atoms with Crippen molar-refractivity contribution in [2.45, 2.75) is 51.2 Å². The monoisotopic (exact) mass is 399 g/mol. The number of esters is 1. The van der Waals surface area contributed by atoms with Gasteiger partial charge in [-0.05, 0) is 49.1 Å². The summed E-state index contributed by atoms with van der Waals surface area (Å²) in [4.78, 5) is 13.3. The zero-order chi connectivity index (χ0) is 20.4. The summed E-state index contributed by atoms with van der Waals surface area (Å²) in [6.07, 6.45) is 5.09. The molecule has 0 radical (unpaired) electrons. The first kappa shape index (κ1) is 19.2. The Morgan fingerprint density at radius 3 is 2.69 bits per heavy atom. The molecular weight excluding hydrogens is 374 g/mol. The third kappa shape index (κ3) is 3.52. The highest BCUT2D eigenvalue weighted by atomic mass is 16.5. The molecule has 2 heterocycles. The molecule has 1 aromatic heterocycles. The highest BCUT2D eigenvalue weighted by Crippen LogP contribution is 2.42. The van der Waals surface area contributed by atoms with Crippen LogP contribution < -0.4 is 14.8 Å². The van der Waals surface area contributed by atoms with Gasteiger partial charge in [0.1, 0.15) is 12.1 Å². The van der Waals surface area contributed by atoms with Crippen molar-refractivity contribution in [1.82, 2.24) is 20.2 Å². The summed E-state index contributed by atoms with van der Waals surface area (Å²) in [7, 11) is 3.14. The van der Waals surface area contributed by atoms with E-state index >= 15 is 0 Å². The lowest BCUT2D eigenvalue weighted by atomic mass is 9.94. The maximum absolute atomic E-state index is 13.3. The maximum atomic E-state index is 13.3. The predicted octanol–water partition coefficient (Wildman–Crippen LogP) is 2.86. The molecule has 0 saturated heterocycles. The fourth-order valence-electron chi connectivity index (χ4n) is 4.09. The number of methoxy groups -OCH3 is 2. The van der Waals surface area contributed by atoms with Crippen LogP contribution in [0.4, 0.5) is 5.95 Å². The third-order valence-electron chi connectivity index (χ3n) is 5.49. The van der Waals surface area contributed by atoms with Crippen LogP contribution in [0.3, 0.4) is 0 Å². The second-order valence-corrected chi connectivity index (χ2v) is 7.26. The van der Waals surface area contributed by atoms with Crippen molar-refractivity contribution in [2.75, 3.05) is 19.5 Å².